The third-order valence-electron chi connectivity index (χ3n) is 4.31. The number of amides is 3. The number of hydrogen-bond acceptors (Lipinski definition) is 4. The Balaban J connectivity index is 1.86. The molecule has 0 saturated carbocycles. The third-order valence-corrected chi connectivity index (χ3v) is 4.99. The maximum Gasteiger partial charge on any atom is 0.329 e. The van der Waals surface area contributed by atoms with Gasteiger partial charge in [-0.1, -0.05) is 45.8 Å². The number of benzene rings is 2. The molecule has 1 saturated heterocycles. The van der Waals surface area contributed by atoms with Crippen molar-refractivity contribution in [2.75, 3.05) is 13.7 Å². The fraction of sp³-hybridized carbons (Fsp3) is 0.238. The van der Waals surface area contributed by atoms with E-state index in [1.807, 2.05) is 38.1 Å². The summed E-state index contributed by atoms with van der Waals surface area (Å²) in [6.45, 7) is 4.60. The predicted octanol–water partition coefficient (Wildman–Crippen LogP) is 4.26. The van der Waals surface area contributed by atoms with E-state index in [-0.39, 0.29) is 18.1 Å². The highest BCUT2D eigenvalue weighted by Crippen LogP contribution is 2.35. The molecule has 6 nitrogen and oxygen atoms in total. The smallest absolute Gasteiger partial charge is 0.329 e. The topological polar surface area (TPSA) is 67.9 Å². The Morgan fingerprint density at radius 3 is 2.50 bits per heavy atom. The summed E-state index contributed by atoms with van der Waals surface area (Å²) < 4.78 is 11.6. The molecule has 2 aromatic carbocycles. The summed E-state index contributed by atoms with van der Waals surface area (Å²) >= 11 is 3.48. The fourth-order valence-corrected chi connectivity index (χ4v) is 3.27. The van der Waals surface area contributed by atoms with Gasteiger partial charge in [0.1, 0.15) is 5.70 Å². The highest BCUT2D eigenvalue weighted by Gasteiger charge is 2.33. The van der Waals surface area contributed by atoms with Crippen molar-refractivity contribution in [3.8, 4) is 11.5 Å². The van der Waals surface area contributed by atoms with E-state index in [9.17, 15) is 9.59 Å². The normalized spacial score (nSPS) is 15.1. The quantitative estimate of drug-likeness (QED) is 0.533. The summed E-state index contributed by atoms with van der Waals surface area (Å²) in [4.78, 5) is 26.2. The summed E-state index contributed by atoms with van der Waals surface area (Å²) in [5.41, 5.74) is 2.92. The monoisotopic (exact) mass is 444 g/mol. The number of aryl methyl sites for hydroxylation is 1. The minimum atomic E-state index is -0.439. The number of nitrogens with one attached hydrogen (secondary N) is 1. The third kappa shape index (κ3) is 4.20. The lowest BCUT2D eigenvalue weighted by atomic mass is 10.1. The first-order chi connectivity index (χ1) is 13.4. The average Bonchev–Trinajstić information content (AvgIpc) is 2.93. The molecule has 1 aliphatic heterocycles. The molecule has 0 aromatic heterocycles. The molecule has 2 aromatic rings. The molecular formula is C21H21BrN2O4. The van der Waals surface area contributed by atoms with Crippen LogP contribution < -0.4 is 14.8 Å². The number of nitrogens with zero attached hydrogens (tertiary/aromatic N) is 1. The molecule has 1 fully saturated rings. The van der Waals surface area contributed by atoms with Crippen LogP contribution in [0, 0.1) is 6.92 Å². The van der Waals surface area contributed by atoms with Crippen molar-refractivity contribution in [1.29, 1.82) is 0 Å². The molecule has 28 heavy (non-hydrogen) atoms. The van der Waals surface area contributed by atoms with Crippen molar-refractivity contribution in [2.45, 2.75) is 20.4 Å². The second-order valence-corrected chi connectivity index (χ2v) is 7.18. The van der Waals surface area contributed by atoms with Gasteiger partial charge in [0.2, 0.25) is 0 Å². The van der Waals surface area contributed by atoms with Crippen molar-refractivity contribution < 1.29 is 19.1 Å². The van der Waals surface area contributed by atoms with E-state index >= 15 is 0 Å². The molecule has 0 bridgehead atoms. The van der Waals surface area contributed by atoms with E-state index in [2.05, 4.69) is 21.2 Å². The minimum Gasteiger partial charge on any atom is -0.493 e. The molecule has 7 heteroatoms. The fourth-order valence-electron chi connectivity index (χ4n) is 2.84. The molecule has 0 unspecified atom stereocenters. The molecule has 0 spiro atoms. The van der Waals surface area contributed by atoms with E-state index < -0.39 is 6.03 Å². The van der Waals surface area contributed by atoms with Gasteiger partial charge >= 0.3 is 6.03 Å². The van der Waals surface area contributed by atoms with E-state index in [1.165, 1.54) is 4.90 Å². The van der Waals surface area contributed by atoms with Crippen molar-refractivity contribution >= 4 is 33.9 Å². The van der Waals surface area contributed by atoms with E-state index in [0.717, 1.165) is 15.6 Å². The van der Waals surface area contributed by atoms with Crippen molar-refractivity contribution in [3.63, 3.8) is 0 Å². The Kier molecular flexibility index (Phi) is 6.04. The molecule has 0 aliphatic carbocycles. The van der Waals surface area contributed by atoms with Gasteiger partial charge in [-0.2, -0.15) is 0 Å². The molecule has 3 rings (SSSR count). The first-order valence-electron chi connectivity index (χ1n) is 8.83. The van der Waals surface area contributed by atoms with Gasteiger partial charge in [-0.3, -0.25) is 9.69 Å². The number of urea groups is 1. The lowest BCUT2D eigenvalue weighted by molar-refractivity contribution is -0.123. The summed E-state index contributed by atoms with van der Waals surface area (Å²) in [5, 5.41) is 2.64. The van der Waals surface area contributed by atoms with E-state index in [1.54, 1.807) is 25.3 Å². The zero-order valence-corrected chi connectivity index (χ0v) is 17.5. The standard InChI is InChI=1S/C21H21BrN2O4/c1-4-28-19-11-16(22)15(10-18(19)27-3)9-17-20(25)24(21(26)23-17)12-14-7-5-13(2)6-8-14/h5-11H,4,12H2,1-3H3,(H,23,26)/b17-9+. The number of ether oxygens (including phenoxy) is 2. The maximum absolute atomic E-state index is 12.7. The van der Waals surface area contributed by atoms with Gasteiger partial charge in [-0.25, -0.2) is 4.79 Å². The highest BCUT2D eigenvalue weighted by molar-refractivity contribution is 9.10. The molecule has 0 atom stereocenters. The van der Waals surface area contributed by atoms with Gasteiger partial charge in [0, 0.05) is 4.47 Å². The molecule has 146 valence electrons. The summed E-state index contributed by atoms with van der Waals surface area (Å²) in [6, 6.07) is 10.8. The van der Waals surface area contributed by atoms with Crippen LogP contribution in [0.25, 0.3) is 6.08 Å². The zero-order valence-electron chi connectivity index (χ0n) is 15.9. The average molecular weight is 445 g/mol. The summed E-state index contributed by atoms with van der Waals surface area (Å²) in [7, 11) is 1.55. The Morgan fingerprint density at radius 2 is 1.86 bits per heavy atom. The van der Waals surface area contributed by atoms with Crippen LogP contribution in [0.5, 0.6) is 11.5 Å². The van der Waals surface area contributed by atoms with Crippen molar-refractivity contribution in [3.05, 3.63) is 63.3 Å². The van der Waals surface area contributed by atoms with Crippen LogP contribution in [0.4, 0.5) is 4.79 Å². The van der Waals surface area contributed by atoms with Crippen LogP contribution in [0.1, 0.15) is 23.6 Å². The molecule has 1 aliphatic rings. The van der Waals surface area contributed by atoms with Crippen molar-refractivity contribution in [1.82, 2.24) is 10.2 Å². The second kappa shape index (κ2) is 8.48. The van der Waals surface area contributed by atoms with Crippen molar-refractivity contribution in [2.24, 2.45) is 0 Å². The van der Waals surface area contributed by atoms with Crippen LogP contribution in [-0.4, -0.2) is 30.6 Å². The van der Waals surface area contributed by atoms with Gasteiger partial charge in [0.25, 0.3) is 5.91 Å². The van der Waals surface area contributed by atoms with Crippen LogP contribution in [0.15, 0.2) is 46.6 Å². The number of carbonyl (C=O) groups is 2. The van der Waals surface area contributed by atoms with E-state index in [4.69, 9.17) is 9.47 Å². The van der Waals surface area contributed by atoms with Gasteiger partial charge < -0.3 is 14.8 Å². The summed E-state index contributed by atoms with van der Waals surface area (Å²) in [6.07, 6.45) is 1.62. The molecule has 3 amide bonds. The second-order valence-electron chi connectivity index (χ2n) is 6.32. The number of halogens is 1. The highest BCUT2D eigenvalue weighted by atomic mass is 79.9. The number of carbonyl (C=O) groups excluding carboxylic acids is 2. The predicted molar refractivity (Wildman–Crippen MR) is 110 cm³/mol. The maximum atomic E-state index is 12.7. The Hall–Kier alpha value is -2.80. The molecular weight excluding hydrogens is 424 g/mol. The molecule has 0 radical (unpaired) electrons. The van der Waals surface area contributed by atoms with E-state index in [0.29, 0.717) is 23.7 Å². The number of imide groups is 1. The minimum absolute atomic E-state index is 0.212. The van der Waals surface area contributed by atoms with Crippen LogP contribution in [-0.2, 0) is 11.3 Å². The van der Waals surface area contributed by atoms with Gasteiger partial charge in [-0.15, -0.1) is 0 Å². The van der Waals surface area contributed by atoms with Crippen LogP contribution in [0.3, 0.4) is 0 Å². The Labute approximate surface area is 172 Å². The number of rotatable bonds is 6. The Morgan fingerprint density at radius 1 is 1.14 bits per heavy atom. The van der Waals surface area contributed by atoms with Gasteiger partial charge in [0.05, 0.1) is 20.3 Å². The number of methoxy groups -OCH3 is 1. The first-order valence-corrected chi connectivity index (χ1v) is 9.62. The zero-order chi connectivity index (χ0) is 20.3. The first kappa shape index (κ1) is 19.9. The van der Waals surface area contributed by atoms with Gasteiger partial charge in [0.15, 0.2) is 11.5 Å². The van der Waals surface area contributed by atoms with Gasteiger partial charge in [-0.05, 0) is 43.2 Å². The molecule has 1 heterocycles. The van der Waals surface area contributed by atoms with Crippen LogP contribution >= 0.6 is 15.9 Å². The molecule has 1 N–H and O–H groups in total. The summed E-state index contributed by atoms with van der Waals surface area (Å²) in [5.74, 6) is 0.775. The lowest BCUT2D eigenvalue weighted by Gasteiger charge is -2.12. The Bertz CT molecular complexity index is 938. The largest absolute Gasteiger partial charge is 0.493 e. The SMILES string of the molecule is CCOc1cc(Br)c(/C=C2/NC(=O)N(Cc3ccc(C)cc3)C2=O)cc1OC. The number of hydrogen-bond donors (Lipinski definition) is 1. The van der Waals surface area contributed by atoms with Crippen LogP contribution in [0.2, 0.25) is 0 Å². The lowest BCUT2D eigenvalue weighted by Crippen LogP contribution is -2.30.